The Kier molecular flexibility index (Phi) is 6.58. The third-order valence-electron chi connectivity index (χ3n) is 5.53. The zero-order valence-electron chi connectivity index (χ0n) is 18.2. The molecule has 166 valence electrons. The Morgan fingerprint density at radius 1 is 1.25 bits per heavy atom. The van der Waals surface area contributed by atoms with Gasteiger partial charge in [0.25, 0.3) is 0 Å². The Morgan fingerprint density at radius 2 is 2.12 bits per heavy atom. The zero-order chi connectivity index (χ0) is 22.5. The van der Waals surface area contributed by atoms with Gasteiger partial charge in [-0.3, -0.25) is 9.78 Å². The quantitative estimate of drug-likeness (QED) is 0.612. The molecule has 3 heterocycles. The summed E-state index contributed by atoms with van der Waals surface area (Å²) >= 11 is 0. The van der Waals surface area contributed by atoms with Crippen LogP contribution in [0.1, 0.15) is 37.9 Å². The molecule has 1 aromatic carbocycles. The van der Waals surface area contributed by atoms with Gasteiger partial charge in [0.15, 0.2) is 0 Å². The lowest BCUT2D eigenvalue weighted by Gasteiger charge is -2.32. The second kappa shape index (κ2) is 9.72. The number of aromatic nitrogens is 3. The lowest BCUT2D eigenvalue weighted by molar-refractivity contribution is -0.132. The van der Waals surface area contributed by atoms with Gasteiger partial charge in [0.2, 0.25) is 5.91 Å². The first-order valence-corrected chi connectivity index (χ1v) is 10.7. The number of carbonyl (C=O) groups excluding carboxylic acids is 1. The highest BCUT2D eigenvalue weighted by atomic mass is 19.1. The maximum Gasteiger partial charge on any atom is 0.222 e. The molecule has 0 saturated carbocycles. The van der Waals surface area contributed by atoms with Crippen LogP contribution in [0.4, 0.5) is 15.9 Å². The molecular formula is C24H26FN5O2. The van der Waals surface area contributed by atoms with Crippen molar-refractivity contribution in [3.05, 3.63) is 60.4 Å². The topological polar surface area (TPSA) is 80.2 Å². The second-order valence-electron chi connectivity index (χ2n) is 7.78. The van der Waals surface area contributed by atoms with E-state index in [1.807, 2.05) is 24.0 Å². The molecule has 1 unspecified atom stereocenters. The molecule has 0 aliphatic carbocycles. The van der Waals surface area contributed by atoms with Crippen LogP contribution in [0.2, 0.25) is 0 Å². The maximum absolute atomic E-state index is 13.7. The van der Waals surface area contributed by atoms with E-state index >= 15 is 0 Å². The van der Waals surface area contributed by atoms with Gasteiger partial charge in [-0.05, 0) is 37.1 Å². The smallest absolute Gasteiger partial charge is 0.222 e. The van der Waals surface area contributed by atoms with Crippen molar-refractivity contribution in [1.82, 2.24) is 19.9 Å². The van der Waals surface area contributed by atoms with Crippen molar-refractivity contribution in [3.8, 4) is 17.0 Å². The molecule has 4 rings (SSSR count). The average Bonchev–Trinajstić information content (AvgIpc) is 2.83. The lowest BCUT2D eigenvalue weighted by Crippen LogP contribution is -2.39. The van der Waals surface area contributed by atoms with E-state index in [1.165, 1.54) is 12.1 Å². The van der Waals surface area contributed by atoms with Gasteiger partial charge >= 0.3 is 0 Å². The van der Waals surface area contributed by atoms with Crippen LogP contribution < -0.4 is 10.1 Å². The fourth-order valence-electron chi connectivity index (χ4n) is 3.88. The number of anilines is 2. The minimum absolute atomic E-state index is 0.0193. The highest BCUT2D eigenvalue weighted by Gasteiger charge is 2.26. The minimum Gasteiger partial charge on any atom is -0.495 e. The standard InChI is InChI=1S/C24H26FN5O2/c1-3-23(31)30-9-5-6-16(15-30)24-28-21(17-10-20(32-2)14-26-13-17)12-22(29-24)27-19-8-4-7-18(25)11-19/h4,7-8,10-14,16H,3,5-6,9,15H2,1-2H3,(H,27,28,29). The molecule has 7 nitrogen and oxygen atoms in total. The number of amides is 1. The molecule has 1 fully saturated rings. The van der Waals surface area contributed by atoms with E-state index in [-0.39, 0.29) is 17.6 Å². The van der Waals surface area contributed by atoms with E-state index in [4.69, 9.17) is 14.7 Å². The second-order valence-corrected chi connectivity index (χ2v) is 7.78. The summed E-state index contributed by atoms with van der Waals surface area (Å²) in [6.07, 6.45) is 5.63. The Hall–Kier alpha value is -3.55. The van der Waals surface area contributed by atoms with Gasteiger partial charge in [-0.1, -0.05) is 13.0 Å². The summed E-state index contributed by atoms with van der Waals surface area (Å²) in [4.78, 5) is 27.9. The number of methoxy groups -OCH3 is 1. The molecule has 1 saturated heterocycles. The number of ether oxygens (including phenoxy) is 1. The van der Waals surface area contributed by atoms with E-state index in [0.717, 1.165) is 24.9 Å². The van der Waals surface area contributed by atoms with E-state index in [1.54, 1.807) is 31.6 Å². The number of carbonyl (C=O) groups is 1. The summed E-state index contributed by atoms with van der Waals surface area (Å²) in [5, 5.41) is 3.18. The Balaban J connectivity index is 1.72. The van der Waals surface area contributed by atoms with Crippen LogP contribution in [0.5, 0.6) is 5.75 Å². The first-order chi connectivity index (χ1) is 15.6. The van der Waals surface area contributed by atoms with Crippen LogP contribution in [0.15, 0.2) is 48.8 Å². The van der Waals surface area contributed by atoms with Gasteiger partial charge < -0.3 is 15.0 Å². The fraction of sp³-hybridized carbons (Fsp3) is 0.333. The van der Waals surface area contributed by atoms with Crippen LogP contribution in [0.3, 0.4) is 0 Å². The van der Waals surface area contributed by atoms with Gasteiger partial charge in [-0.25, -0.2) is 14.4 Å². The summed E-state index contributed by atoms with van der Waals surface area (Å²) in [7, 11) is 1.59. The minimum atomic E-state index is -0.331. The molecule has 1 N–H and O–H groups in total. The Morgan fingerprint density at radius 3 is 2.91 bits per heavy atom. The van der Waals surface area contributed by atoms with Gasteiger partial charge in [0, 0.05) is 48.9 Å². The largest absolute Gasteiger partial charge is 0.495 e. The number of hydrogen-bond donors (Lipinski definition) is 1. The van der Waals surface area contributed by atoms with Crippen molar-refractivity contribution in [2.24, 2.45) is 0 Å². The third kappa shape index (κ3) is 5.01. The predicted molar refractivity (Wildman–Crippen MR) is 120 cm³/mol. The summed E-state index contributed by atoms with van der Waals surface area (Å²) in [5.74, 6) is 1.66. The van der Waals surface area contributed by atoms with Crippen molar-refractivity contribution in [3.63, 3.8) is 0 Å². The SMILES string of the molecule is CCC(=O)N1CCCC(c2nc(Nc3cccc(F)c3)cc(-c3cncc(OC)c3)n2)C1. The van der Waals surface area contributed by atoms with Crippen LogP contribution in [-0.4, -0.2) is 46.0 Å². The average molecular weight is 436 g/mol. The van der Waals surface area contributed by atoms with E-state index in [0.29, 0.717) is 41.7 Å². The summed E-state index contributed by atoms with van der Waals surface area (Å²) in [6.45, 7) is 3.23. The number of hydrogen-bond acceptors (Lipinski definition) is 6. The number of rotatable bonds is 6. The molecule has 32 heavy (non-hydrogen) atoms. The fourth-order valence-corrected chi connectivity index (χ4v) is 3.88. The number of pyridine rings is 1. The lowest BCUT2D eigenvalue weighted by atomic mass is 9.96. The first-order valence-electron chi connectivity index (χ1n) is 10.7. The van der Waals surface area contributed by atoms with Crippen LogP contribution in [0, 0.1) is 5.82 Å². The van der Waals surface area contributed by atoms with Gasteiger partial charge in [-0.15, -0.1) is 0 Å². The predicted octanol–water partition coefficient (Wildman–Crippen LogP) is 4.55. The van der Waals surface area contributed by atoms with Crippen LogP contribution in [0.25, 0.3) is 11.3 Å². The Labute approximate surface area is 186 Å². The van der Waals surface area contributed by atoms with Gasteiger partial charge in [0.1, 0.15) is 23.2 Å². The van der Waals surface area contributed by atoms with Crippen LogP contribution in [-0.2, 0) is 4.79 Å². The molecule has 2 aromatic heterocycles. The van der Waals surface area contributed by atoms with Crippen molar-refractivity contribution in [2.75, 3.05) is 25.5 Å². The van der Waals surface area contributed by atoms with Crippen molar-refractivity contribution in [2.45, 2.75) is 32.1 Å². The molecule has 0 bridgehead atoms. The van der Waals surface area contributed by atoms with Crippen molar-refractivity contribution >= 4 is 17.4 Å². The number of piperidine rings is 1. The van der Waals surface area contributed by atoms with E-state index in [9.17, 15) is 9.18 Å². The van der Waals surface area contributed by atoms with E-state index in [2.05, 4.69) is 10.3 Å². The van der Waals surface area contributed by atoms with Gasteiger partial charge in [0.05, 0.1) is 19.0 Å². The summed E-state index contributed by atoms with van der Waals surface area (Å²) in [5.41, 5.74) is 2.06. The summed E-state index contributed by atoms with van der Waals surface area (Å²) < 4.78 is 19.0. The number of halogens is 1. The van der Waals surface area contributed by atoms with Crippen molar-refractivity contribution in [1.29, 1.82) is 0 Å². The molecule has 8 heteroatoms. The number of nitrogens with zero attached hydrogens (tertiary/aromatic N) is 4. The van der Waals surface area contributed by atoms with Crippen LogP contribution >= 0.6 is 0 Å². The number of nitrogens with one attached hydrogen (secondary N) is 1. The normalized spacial score (nSPS) is 16.0. The highest BCUT2D eigenvalue weighted by molar-refractivity contribution is 5.76. The number of benzene rings is 1. The molecule has 3 aromatic rings. The number of likely N-dealkylation sites (tertiary alicyclic amines) is 1. The summed E-state index contributed by atoms with van der Waals surface area (Å²) in [6, 6.07) is 9.89. The molecule has 1 atom stereocenters. The molecule has 1 aliphatic heterocycles. The molecule has 1 amide bonds. The molecule has 0 spiro atoms. The van der Waals surface area contributed by atoms with E-state index < -0.39 is 0 Å². The Bertz CT molecular complexity index is 1110. The van der Waals surface area contributed by atoms with Gasteiger partial charge in [-0.2, -0.15) is 0 Å². The molecule has 1 aliphatic rings. The maximum atomic E-state index is 13.7. The van der Waals surface area contributed by atoms with Crippen molar-refractivity contribution < 1.29 is 13.9 Å². The first kappa shape index (κ1) is 21.7. The molecular weight excluding hydrogens is 409 g/mol. The monoisotopic (exact) mass is 435 g/mol. The zero-order valence-corrected chi connectivity index (χ0v) is 18.2. The highest BCUT2D eigenvalue weighted by Crippen LogP contribution is 2.30. The molecule has 0 radical (unpaired) electrons. The third-order valence-corrected chi connectivity index (χ3v) is 5.53.